The van der Waals surface area contributed by atoms with Crippen molar-refractivity contribution in [2.75, 3.05) is 6.54 Å². The Kier molecular flexibility index (Phi) is 7.76. The lowest BCUT2D eigenvalue weighted by Crippen LogP contribution is -2.48. The van der Waals surface area contributed by atoms with Gasteiger partial charge in [-0.05, 0) is 37.3 Å². The Morgan fingerprint density at radius 1 is 1.28 bits per heavy atom. The zero-order valence-electron chi connectivity index (χ0n) is 16.8. The van der Waals surface area contributed by atoms with Gasteiger partial charge in [0.05, 0.1) is 10.5 Å². The first-order valence-corrected chi connectivity index (χ1v) is 11.1. The fourth-order valence-corrected chi connectivity index (χ4v) is 4.53. The van der Waals surface area contributed by atoms with Gasteiger partial charge in [-0.3, -0.25) is 9.59 Å². The van der Waals surface area contributed by atoms with Crippen molar-refractivity contribution in [2.45, 2.75) is 57.1 Å². The van der Waals surface area contributed by atoms with Gasteiger partial charge in [-0.15, -0.1) is 0 Å². The van der Waals surface area contributed by atoms with E-state index in [0.29, 0.717) is 11.8 Å². The van der Waals surface area contributed by atoms with Crippen LogP contribution in [0.1, 0.15) is 45.6 Å². The lowest BCUT2D eigenvalue weighted by atomic mass is 9.78. The highest BCUT2D eigenvalue weighted by Gasteiger charge is 2.30. The number of sulfonamides is 1. The zero-order valence-corrected chi connectivity index (χ0v) is 17.7. The van der Waals surface area contributed by atoms with E-state index in [9.17, 15) is 18.0 Å². The molecule has 4 atom stereocenters. The predicted octanol–water partition coefficient (Wildman–Crippen LogP) is 1.71. The number of amides is 1. The van der Waals surface area contributed by atoms with Crippen LogP contribution in [0.2, 0.25) is 0 Å². The van der Waals surface area contributed by atoms with E-state index in [1.807, 2.05) is 0 Å². The number of ether oxygens (including phenoxy) is 1. The van der Waals surface area contributed by atoms with E-state index >= 15 is 0 Å². The van der Waals surface area contributed by atoms with Crippen LogP contribution in [0.15, 0.2) is 29.2 Å². The average molecular weight is 422 g/mol. The highest BCUT2D eigenvalue weighted by atomic mass is 32.2. The van der Waals surface area contributed by atoms with Crippen LogP contribution in [0, 0.1) is 23.2 Å². The molecule has 1 aliphatic rings. The second kappa shape index (κ2) is 9.85. The minimum atomic E-state index is -4.06. The van der Waals surface area contributed by atoms with Gasteiger partial charge in [0.2, 0.25) is 10.0 Å². The van der Waals surface area contributed by atoms with Gasteiger partial charge in [-0.1, -0.05) is 38.8 Å². The molecule has 0 spiro atoms. The topological polar surface area (TPSA) is 125 Å². The van der Waals surface area contributed by atoms with Gasteiger partial charge in [0.1, 0.15) is 12.6 Å². The number of benzene rings is 1. The van der Waals surface area contributed by atoms with Gasteiger partial charge in [0.25, 0.3) is 5.91 Å². The average Bonchev–Trinajstić information content (AvgIpc) is 2.69. The highest BCUT2D eigenvalue weighted by molar-refractivity contribution is 7.89. The number of nitrogens with zero attached hydrogens (tertiary/aromatic N) is 1. The Balaban J connectivity index is 1.88. The maximum absolute atomic E-state index is 12.3. The second-order valence-electron chi connectivity index (χ2n) is 7.45. The minimum absolute atomic E-state index is 0.0306. The summed E-state index contributed by atoms with van der Waals surface area (Å²) in [5.41, 5.74) is -0.0306. The fraction of sp³-hybridized carbons (Fsp3) is 0.550. The molecule has 9 heteroatoms. The molecule has 1 amide bonds. The Morgan fingerprint density at radius 2 is 1.97 bits per heavy atom. The first-order valence-electron chi connectivity index (χ1n) is 9.64. The SMILES string of the molecule is C[C@@H]1[C@H](C)CCC[C@H]1NC(=O)[C@@H](C)OC(=O)CNS(=O)(=O)c1ccccc1C#N. The number of nitrogens with one attached hydrogen (secondary N) is 2. The molecule has 0 radical (unpaired) electrons. The molecule has 158 valence electrons. The third kappa shape index (κ3) is 6.02. The van der Waals surface area contributed by atoms with Gasteiger partial charge in [-0.2, -0.15) is 9.98 Å². The smallest absolute Gasteiger partial charge is 0.321 e. The van der Waals surface area contributed by atoms with Crippen LogP contribution in [0.4, 0.5) is 0 Å². The standard InChI is InChI=1S/C20H27N3O5S/c1-13-7-6-9-17(14(13)2)23-20(25)15(3)28-19(24)12-22-29(26,27)18-10-5-4-8-16(18)11-21/h4-5,8,10,13-15,17,22H,6-7,9,12H2,1-3H3,(H,23,25)/t13-,14-,15-,17-/m1/s1. The number of hydrogen-bond acceptors (Lipinski definition) is 6. The molecular weight excluding hydrogens is 394 g/mol. The van der Waals surface area contributed by atoms with Gasteiger partial charge >= 0.3 is 5.97 Å². The zero-order chi connectivity index (χ0) is 21.6. The number of carbonyl (C=O) groups is 2. The molecule has 0 aliphatic heterocycles. The molecule has 0 unspecified atom stereocenters. The van der Waals surface area contributed by atoms with E-state index in [1.165, 1.54) is 25.1 Å². The van der Waals surface area contributed by atoms with Crippen LogP contribution in [-0.4, -0.2) is 39.0 Å². The predicted molar refractivity (Wildman–Crippen MR) is 106 cm³/mol. The molecule has 8 nitrogen and oxygen atoms in total. The summed E-state index contributed by atoms with van der Waals surface area (Å²) in [4.78, 5) is 24.1. The molecule has 2 rings (SSSR count). The van der Waals surface area contributed by atoms with E-state index in [4.69, 9.17) is 10.00 Å². The molecule has 1 fully saturated rings. The summed E-state index contributed by atoms with van der Waals surface area (Å²) < 4.78 is 31.8. The third-order valence-electron chi connectivity index (χ3n) is 5.42. The van der Waals surface area contributed by atoms with Crippen molar-refractivity contribution in [1.82, 2.24) is 10.0 Å². The Bertz CT molecular complexity index is 894. The molecule has 0 bridgehead atoms. The molecule has 0 aromatic heterocycles. The summed E-state index contributed by atoms with van der Waals surface area (Å²) in [6.07, 6.45) is 2.02. The summed E-state index contributed by atoms with van der Waals surface area (Å²) in [6.45, 7) is 5.06. The molecule has 1 aromatic carbocycles. The Hall–Kier alpha value is -2.44. The van der Waals surface area contributed by atoms with Crippen LogP contribution in [-0.2, 0) is 24.3 Å². The van der Waals surface area contributed by atoms with Gasteiger partial charge in [-0.25, -0.2) is 8.42 Å². The lowest BCUT2D eigenvalue weighted by molar-refractivity contribution is -0.154. The summed E-state index contributed by atoms with van der Waals surface area (Å²) in [5.74, 6) is -0.432. The van der Waals surface area contributed by atoms with Crippen molar-refractivity contribution in [2.24, 2.45) is 11.8 Å². The normalized spacial score (nSPS) is 22.9. The number of nitriles is 1. The third-order valence-corrected chi connectivity index (χ3v) is 6.87. The molecule has 1 aliphatic carbocycles. The maximum Gasteiger partial charge on any atom is 0.321 e. The summed E-state index contributed by atoms with van der Waals surface area (Å²) >= 11 is 0. The van der Waals surface area contributed by atoms with Crippen molar-refractivity contribution in [3.63, 3.8) is 0 Å². The first-order chi connectivity index (χ1) is 13.7. The first kappa shape index (κ1) is 22.8. The Labute approximate surface area is 171 Å². The van der Waals surface area contributed by atoms with E-state index < -0.39 is 34.5 Å². The van der Waals surface area contributed by atoms with Crippen LogP contribution < -0.4 is 10.0 Å². The van der Waals surface area contributed by atoms with E-state index in [1.54, 1.807) is 12.1 Å². The van der Waals surface area contributed by atoms with Crippen molar-refractivity contribution < 1.29 is 22.7 Å². The van der Waals surface area contributed by atoms with Crippen LogP contribution in [0.3, 0.4) is 0 Å². The monoisotopic (exact) mass is 421 g/mol. The Morgan fingerprint density at radius 3 is 2.66 bits per heavy atom. The fourth-order valence-electron chi connectivity index (χ4n) is 3.40. The van der Waals surface area contributed by atoms with Crippen molar-refractivity contribution in [1.29, 1.82) is 5.26 Å². The molecule has 2 N–H and O–H groups in total. The molecular formula is C20H27N3O5S. The maximum atomic E-state index is 12.3. The van der Waals surface area contributed by atoms with E-state index in [0.717, 1.165) is 19.3 Å². The molecule has 1 aromatic rings. The van der Waals surface area contributed by atoms with Crippen LogP contribution in [0.5, 0.6) is 0 Å². The van der Waals surface area contributed by atoms with E-state index in [-0.39, 0.29) is 16.5 Å². The second-order valence-corrected chi connectivity index (χ2v) is 9.18. The molecule has 1 saturated carbocycles. The number of esters is 1. The van der Waals surface area contributed by atoms with Crippen molar-refractivity contribution in [3.05, 3.63) is 29.8 Å². The summed E-state index contributed by atoms with van der Waals surface area (Å²) in [7, 11) is -4.06. The van der Waals surface area contributed by atoms with Crippen LogP contribution >= 0.6 is 0 Å². The largest absolute Gasteiger partial charge is 0.452 e. The van der Waals surface area contributed by atoms with Crippen LogP contribution in [0.25, 0.3) is 0 Å². The lowest BCUT2D eigenvalue weighted by Gasteiger charge is -2.35. The summed E-state index contributed by atoms with van der Waals surface area (Å²) in [6, 6.07) is 7.49. The van der Waals surface area contributed by atoms with Gasteiger partial charge < -0.3 is 10.1 Å². The van der Waals surface area contributed by atoms with Crippen molar-refractivity contribution in [3.8, 4) is 6.07 Å². The van der Waals surface area contributed by atoms with Crippen molar-refractivity contribution >= 4 is 21.9 Å². The molecule has 29 heavy (non-hydrogen) atoms. The highest BCUT2D eigenvalue weighted by Crippen LogP contribution is 2.29. The minimum Gasteiger partial charge on any atom is -0.452 e. The van der Waals surface area contributed by atoms with Gasteiger partial charge in [0, 0.05) is 6.04 Å². The summed E-state index contributed by atoms with van der Waals surface area (Å²) in [5, 5.41) is 12.0. The number of rotatable bonds is 7. The number of carbonyl (C=O) groups excluding carboxylic acids is 2. The number of hydrogen-bond donors (Lipinski definition) is 2. The molecule has 0 saturated heterocycles. The van der Waals surface area contributed by atoms with E-state index in [2.05, 4.69) is 23.9 Å². The molecule has 0 heterocycles. The quantitative estimate of drug-likeness (QED) is 0.646. The van der Waals surface area contributed by atoms with Gasteiger partial charge in [0.15, 0.2) is 6.10 Å².